The van der Waals surface area contributed by atoms with Gasteiger partial charge in [0.25, 0.3) is 5.56 Å². The second-order valence-electron chi connectivity index (χ2n) is 7.63. The predicted molar refractivity (Wildman–Crippen MR) is 113 cm³/mol. The van der Waals surface area contributed by atoms with Crippen LogP contribution in [-0.4, -0.2) is 33.7 Å². The normalized spacial score (nSPS) is 14.4. The highest BCUT2D eigenvalue weighted by atomic mass is 16.1. The highest BCUT2D eigenvalue weighted by molar-refractivity contribution is 5.88. The molecule has 6 nitrogen and oxygen atoms in total. The van der Waals surface area contributed by atoms with Gasteiger partial charge in [0.05, 0.1) is 17.5 Å². The molecule has 29 heavy (non-hydrogen) atoms. The Morgan fingerprint density at radius 1 is 1.00 bits per heavy atom. The first-order chi connectivity index (χ1) is 14.1. The summed E-state index contributed by atoms with van der Waals surface area (Å²) in [4.78, 5) is 27.3. The highest BCUT2D eigenvalue weighted by Crippen LogP contribution is 2.17. The molecular weight excluding hydrogens is 364 g/mol. The van der Waals surface area contributed by atoms with Crippen molar-refractivity contribution >= 4 is 16.7 Å². The van der Waals surface area contributed by atoms with Gasteiger partial charge in [-0.3, -0.25) is 14.5 Å². The molecule has 2 heterocycles. The van der Waals surface area contributed by atoms with Gasteiger partial charge in [0, 0.05) is 25.5 Å². The number of benzene rings is 2. The summed E-state index contributed by atoms with van der Waals surface area (Å²) in [5, 5.41) is 8.67. The van der Waals surface area contributed by atoms with Gasteiger partial charge in [0.2, 0.25) is 5.91 Å². The Morgan fingerprint density at radius 3 is 2.41 bits per heavy atom. The number of fused-ring (bicyclic) bond motifs is 1. The van der Waals surface area contributed by atoms with E-state index in [1.807, 2.05) is 24.3 Å². The largest absolute Gasteiger partial charge is 0.352 e. The van der Waals surface area contributed by atoms with Crippen LogP contribution in [0.25, 0.3) is 10.8 Å². The Balaban J connectivity index is 1.46. The first kappa shape index (κ1) is 19.3. The van der Waals surface area contributed by atoms with Gasteiger partial charge in [-0.2, -0.15) is 5.10 Å². The van der Waals surface area contributed by atoms with Crippen molar-refractivity contribution < 1.29 is 4.79 Å². The Morgan fingerprint density at radius 2 is 1.66 bits per heavy atom. The summed E-state index contributed by atoms with van der Waals surface area (Å²) < 4.78 is 1.30. The molecule has 150 valence electrons. The molecule has 0 atom stereocenters. The fraction of sp³-hybridized carbons (Fsp3) is 0.348. The summed E-state index contributed by atoms with van der Waals surface area (Å²) in [6.45, 7) is 3.71. The maximum atomic E-state index is 12.6. The third kappa shape index (κ3) is 4.38. The van der Waals surface area contributed by atoms with Crippen molar-refractivity contribution in [1.82, 2.24) is 20.0 Å². The van der Waals surface area contributed by atoms with Gasteiger partial charge in [-0.15, -0.1) is 0 Å². The van der Waals surface area contributed by atoms with Gasteiger partial charge >= 0.3 is 0 Å². The van der Waals surface area contributed by atoms with E-state index in [0.29, 0.717) is 17.6 Å². The summed E-state index contributed by atoms with van der Waals surface area (Å²) in [6, 6.07) is 15.6. The van der Waals surface area contributed by atoms with E-state index >= 15 is 0 Å². The van der Waals surface area contributed by atoms with Crippen molar-refractivity contribution in [3.63, 3.8) is 0 Å². The number of aromatic nitrogens is 2. The molecule has 1 fully saturated rings. The Hall–Kier alpha value is -2.99. The van der Waals surface area contributed by atoms with E-state index in [1.165, 1.54) is 23.1 Å². The summed E-state index contributed by atoms with van der Waals surface area (Å²) >= 11 is 0. The lowest BCUT2D eigenvalue weighted by Crippen LogP contribution is -2.28. The molecule has 0 radical (unpaired) electrons. The van der Waals surface area contributed by atoms with E-state index in [1.54, 1.807) is 13.1 Å². The fourth-order valence-electron chi connectivity index (χ4n) is 3.98. The average Bonchev–Trinajstić information content (AvgIpc) is 3.24. The van der Waals surface area contributed by atoms with Gasteiger partial charge in [0.1, 0.15) is 0 Å². The van der Waals surface area contributed by atoms with E-state index in [0.717, 1.165) is 30.6 Å². The number of carbonyl (C=O) groups excluding carboxylic acids is 1. The molecule has 0 spiro atoms. The van der Waals surface area contributed by atoms with E-state index < -0.39 is 0 Å². The van der Waals surface area contributed by atoms with E-state index in [4.69, 9.17) is 0 Å². The molecule has 1 saturated heterocycles. The van der Waals surface area contributed by atoms with Crippen molar-refractivity contribution in [3.8, 4) is 0 Å². The zero-order chi connectivity index (χ0) is 20.2. The molecule has 6 heteroatoms. The van der Waals surface area contributed by atoms with Crippen LogP contribution in [0.2, 0.25) is 0 Å². The number of aryl methyl sites for hydroxylation is 1. The lowest BCUT2D eigenvalue weighted by molar-refractivity contribution is -0.120. The summed E-state index contributed by atoms with van der Waals surface area (Å²) in [5.41, 5.74) is 2.87. The molecule has 1 N–H and O–H groups in total. The van der Waals surface area contributed by atoms with Crippen LogP contribution in [0.5, 0.6) is 0 Å². The van der Waals surface area contributed by atoms with Crippen LogP contribution in [0, 0.1) is 0 Å². The molecule has 0 saturated carbocycles. The average molecular weight is 390 g/mol. The zero-order valence-electron chi connectivity index (χ0n) is 16.7. The minimum atomic E-state index is -0.152. The predicted octanol–water partition coefficient (Wildman–Crippen LogP) is 2.39. The number of nitrogens with zero attached hydrogens (tertiary/aromatic N) is 3. The molecule has 1 aromatic heterocycles. The van der Waals surface area contributed by atoms with Crippen molar-refractivity contribution in [2.75, 3.05) is 13.1 Å². The summed E-state index contributed by atoms with van der Waals surface area (Å²) in [6.07, 6.45) is 2.67. The summed E-state index contributed by atoms with van der Waals surface area (Å²) in [7, 11) is 1.62. The van der Waals surface area contributed by atoms with Gasteiger partial charge in [-0.1, -0.05) is 42.5 Å². The van der Waals surface area contributed by atoms with Crippen molar-refractivity contribution in [2.45, 2.75) is 32.4 Å². The molecule has 0 bridgehead atoms. The van der Waals surface area contributed by atoms with Crippen LogP contribution >= 0.6 is 0 Å². The molecular formula is C23H26N4O2. The van der Waals surface area contributed by atoms with Crippen LogP contribution in [0.15, 0.2) is 53.3 Å². The van der Waals surface area contributed by atoms with E-state index in [9.17, 15) is 9.59 Å². The first-order valence-electron chi connectivity index (χ1n) is 10.1. The second-order valence-corrected chi connectivity index (χ2v) is 7.63. The second kappa shape index (κ2) is 8.57. The Kier molecular flexibility index (Phi) is 5.71. The van der Waals surface area contributed by atoms with Crippen LogP contribution in [0.4, 0.5) is 0 Å². The number of likely N-dealkylation sites (tertiary alicyclic amines) is 1. The quantitative estimate of drug-likeness (QED) is 0.702. The SMILES string of the molecule is Cn1nc(CC(=O)NCc2ccccc2CN2CCCC2)c2ccccc2c1=O. The molecule has 1 amide bonds. The molecule has 1 aliphatic heterocycles. The fourth-order valence-corrected chi connectivity index (χ4v) is 3.98. The van der Waals surface area contributed by atoms with Gasteiger partial charge in [-0.25, -0.2) is 4.68 Å². The van der Waals surface area contributed by atoms with Gasteiger partial charge in [0.15, 0.2) is 0 Å². The Labute approximate surface area is 170 Å². The topological polar surface area (TPSA) is 67.2 Å². The third-order valence-electron chi connectivity index (χ3n) is 5.55. The van der Waals surface area contributed by atoms with E-state index in [-0.39, 0.29) is 17.9 Å². The van der Waals surface area contributed by atoms with Crippen molar-refractivity contribution in [1.29, 1.82) is 0 Å². The first-order valence-corrected chi connectivity index (χ1v) is 10.1. The molecule has 3 aromatic rings. The monoisotopic (exact) mass is 390 g/mol. The number of carbonyl (C=O) groups is 1. The minimum absolute atomic E-state index is 0.0997. The lowest BCUT2D eigenvalue weighted by Gasteiger charge is -2.17. The lowest BCUT2D eigenvalue weighted by atomic mass is 10.1. The number of rotatable bonds is 6. The van der Waals surface area contributed by atoms with Crippen LogP contribution in [0.1, 0.15) is 29.7 Å². The number of hydrogen-bond donors (Lipinski definition) is 1. The Bertz CT molecular complexity index is 1080. The van der Waals surface area contributed by atoms with Gasteiger partial charge < -0.3 is 5.32 Å². The maximum absolute atomic E-state index is 12.6. The number of nitrogens with one attached hydrogen (secondary N) is 1. The van der Waals surface area contributed by atoms with Crippen LogP contribution < -0.4 is 10.9 Å². The standard InChI is InChI=1S/C23H26N4O2/c1-26-23(29)20-11-5-4-10-19(20)21(25-26)14-22(28)24-15-17-8-2-3-9-18(17)16-27-12-6-7-13-27/h2-5,8-11H,6-7,12-16H2,1H3,(H,24,28). The molecule has 1 aliphatic rings. The smallest absolute Gasteiger partial charge is 0.274 e. The molecule has 0 aliphatic carbocycles. The van der Waals surface area contributed by atoms with Crippen molar-refractivity contribution in [3.05, 3.63) is 75.7 Å². The molecule has 0 unspecified atom stereocenters. The minimum Gasteiger partial charge on any atom is -0.352 e. The van der Waals surface area contributed by atoms with Gasteiger partial charge in [-0.05, 0) is 43.1 Å². The highest BCUT2D eigenvalue weighted by Gasteiger charge is 2.15. The number of hydrogen-bond acceptors (Lipinski definition) is 4. The van der Waals surface area contributed by atoms with Crippen LogP contribution in [0.3, 0.4) is 0 Å². The maximum Gasteiger partial charge on any atom is 0.274 e. The number of amides is 1. The zero-order valence-corrected chi connectivity index (χ0v) is 16.7. The molecule has 4 rings (SSSR count). The van der Waals surface area contributed by atoms with Crippen LogP contribution in [-0.2, 0) is 31.4 Å². The van der Waals surface area contributed by atoms with Crippen molar-refractivity contribution in [2.24, 2.45) is 7.05 Å². The summed E-state index contributed by atoms with van der Waals surface area (Å²) in [5.74, 6) is -0.0997. The third-order valence-corrected chi connectivity index (χ3v) is 5.55. The molecule has 2 aromatic carbocycles. The van der Waals surface area contributed by atoms with E-state index in [2.05, 4.69) is 33.5 Å².